The third-order valence-electron chi connectivity index (χ3n) is 4.24. The zero-order valence-corrected chi connectivity index (χ0v) is 11.0. The molecule has 0 aliphatic carbocycles. The lowest BCUT2D eigenvalue weighted by molar-refractivity contribution is -0.136. The predicted octanol–water partition coefficient (Wildman–Crippen LogP) is 1.25. The number of anilines is 1. The molecule has 2 aliphatic heterocycles. The third kappa shape index (κ3) is 2.32. The van der Waals surface area contributed by atoms with Gasteiger partial charge < -0.3 is 15.3 Å². The molecule has 1 aromatic carbocycles. The summed E-state index contributed by atoms with van der Waals surface area (Å²) >= 11 is 0. The maximum atomic E-state index is 12.6. The number of rotatable bonds is 2. The van der Waals surface area contributed by atoms with E-state index in [2.05, 4.69) is 17.4 Å². The van der Waals surface area contributed by atoms with Crippen LogP contribution in [-0.4, -0.2) is 41.7 Å². The van der Waals surface area contributed by atoms with Gasteiger partial charge >= 0.3 is 0 Å². The Kier molecular flexibility index (Phi) is 3.42. The van der Waals surface area contributed by atoms with Crippen LogP contribution in [0, 0.1) is 5.92 Å². The van der Waals surface area contributed by atoms with Crippen LogP contribution in [0.15, 0.2) is 24.3 Å². The molecule has 102 valence electrons. The van der Waals surface area contributed by atoms with Crippen molar-refractivity contribution in [3.63, 3.8) is 0 Å². The number of aliphatic hydroxyl groups is 1. The fourth-order valence-corrected chi connectivity index (χ4v) is 3.17. The maximum absolute atomic E-state index is 12.6. The molecule has 1 aromatic rings. The minimum absolute atomic E-state index is 0.00190. The van der Waals surface area contributed by atoms with E-state index in [4.69, 9.17) is 0 Å². The largest absolute Gasteiger partial charge is 0.394 e. The van der Waals surface area contributed by atoms with Gasteiger partial charge in [0.1, 0.15) is 0 Å². The number of carbonyl (C=O) groups is 1. The molecule has 0 saturated carbocycles. The van der Waals surface area contributed by atoms with E-state index >= 15 is 0 Å². The van der Waals surface area contributed by atoms with E-state index in [1.54, 1.807) is 0 Å². The Hall–Kier alpha value is -1.55. The second-order valence-electron chi connectivity index (χ2n) is 5.45. The molecule has 19 heavy (non-hydrogen) atoms. The van der Waals surface area contributed by atoms with E-state index in [1.165, 1.54) is 5.56 Å². The van der Waals surface area contributed by atoms with E-state index in [0.717, 1.165) is 31.5 Å². The number of hydrogen-bond acceptors (Lipinski definition) is 3. The summed E-state index contributed by atoms with van der Waals surface area (Å²) in [4.78, 5) is 14.4. The van der Waals surface area contributed by atoms with E-state index in [0.29, 0.717) is 6.54 Å². The van der Waals surface area contributed by atoms with Gasteiger partial charge in [0.25, 0.3) is 0 Å². The van der Waals surface area contributed by atoms with Crippen LogP contribution in [0.4, 0.5) is 5.69 Å². The zero-order chi connectivity index (χ0) is 13.2. The number of aliphatic hydroxyl groups excluding tert-OH is 1. The van der Waals surface area contributed by atoms with Crippen LogP contribution < -0.4 is 5.32 Å². The Morgan fingerprint density at radius 1 is 1.42 bits per heavy atom. The summed E-state index contributed by atoms with van der Waals surface area (Å²) in [6.45, 7) is 1.58. The fourth-order valence-electron chi connectivity index (χ4n) is 3.17. The summed E-state index contributed by atoms with van der Waals surface area (Å²) < 4.78 is 0. The van der Waals surface area contributed by atoms with Crippen molar-refractivity contribution >= 4 is 11.6 Å². The molecule has 2 heterocycles. The Balaban J connectivity index is 1.72. The van der Waals surface area contributed by atoms with E-state index in [1.807, 2.05) is 17.0 Å². The van der Waals surface area contributed by atoms with Crippen molar-refractivity contribution in [1.29, 1.82) is 0 Å². The Morgan fingerprint density at radius 3 is 3.11 bits per heavy atom. The topological polar surface area (TPSA) is 52.6 Å². The van der Waals surface area contributed by atoms with Gasteiger partial charge in [-0.1, -0.05) is 18.2 Å². The molecule has 1 saturated heterocycles. The number of benzene rings is 1. The SMILES string of the molecule is O=C(C1CNc2ccccc2C1)N1CCCC1CO. The number of nitrogens with zero attached hydrogens (tertiary/aromatic N) is 1. The molecule has 2 atom stereocenters. The average Bonchev–Trinajstić information content (AvgIpc) is 2.94. The minimum Gasteiger partial charge on any atom is -0.394 e. The molecule has 0 aromatic heterocycles. The number of nitrogens with one attached hydrogen (secondary N) is 1. The summed E-state index contributed by atoms with van der Waals surface area (Å²) in [6.07, 6.45) is 2.74. The molecule has 1 fully saturated rings. The second kappa shape index (κ2) is 5.21. The summed E-state index contributed by atoms with van der Waals surface area (Å²) in [5.74, 6) is 0.195. The molecule has 0 spiro atoms. The smallest absolute Gasteiger partial charge is 0.228 e. The van der Waals surface area contributed by atoms with Crippen LogP contribution in [0.25, 0.3) is 0 Å². The second-order valence-corrected chi connectivity index (χ2v) is 5.45. The quantitative estimate of drug-likeness (QED) is 0.841. The number of fused-ring (bicyclic) bond motifs is 1. The first-order valence-electron chi connectivity index (χ1n) is 7.02. The molecule has 2 N–H and O–H groups in total. The number of amides is 1. The van der Waals surface area contributed by atoms with Crippen molar-refractivity contribution in [1.82, 2.24) is 4.90 Å². The molecule has 2 aliphatic rings. The normalized spacial score (nSPS) is 25.8. The lowest BCUT2D eigenvalue weighted by Crippen LogP contribution is -2.44. The van der Waals surface area contributed by atoms with Crippen LogP contribution in [0.5, 0.6) is 0 Å². The fraction of sp³-hybridized carbons (Fsp3) is 0.533. The number of para-hydroxylation sites is 1. The standard InChI is InChI=1S/C15H20N2O2/c18-10-13-5-3-7-17(13)15(19)12-8-11-4-1-2-6-14(11)16-9-12/h1-2,4,6,12-13,16,18H,3,5,7-10H2. The van der Waals surface area contributed by atoms with Gasteiger partial charge in [-0.2, -0.15) is 0 Å². The van der Waals surface area contributed by atoms with Gasteiger partial charge in [-0.05, 0) is 30.9 Å². The molecule has 1 amide bonds. The lowest BCUT2D eigenvalue weighted by Gasteiger charge is -2.31. The molecule has 3 rings (SSSR count). The van der Waals surface area contributed by atoms with Gasteiger partial charge in [0.2, 0.25) is 5.91 Å². The van der Waals surface area contributed by atoms with Crippen LogP contribution >= 0.6 is 0 Å². The summed E-state index contributed by atoms with van der Waals surface area (Å²) in [6, 6.07) is 8.19. The Labute approximate surface area is 113 Å². The first-order chi connectivity index (χ1) is 9.29. The lowest BCUT2D eigenvalue weighted by atomic mass is 9.92. The molecule has 4 nitrogen and oxygen atoms in total. The maximum Gasteiger partial charge on any atom is 0.228 e. The van der Waals surface area contributed by atoms with Gasteiger partial charge in [0.15, 0.2) is 0 Å². The highest BCUT2D eigenvalue weighted by molar-refractivity contribution is 5.81. The van der Waals surface area contributed by atoms with Gasteiger partial charge in [0.05, 0.1) is 18.6 Å². The number of hydrogen-bond donors (Lipinski definition) is 2. The monoisotopic (exact) mass is 260 g/mol. The average molecular weight is 260 g/mol. The molecule has 0 bridgehead atoms. The first-order valence-corrected chi connectivity index (χ1v) is 7.02. The third-order valence-corrected chi connectivity index (χ3v) is 4.24. The van der Waals surface area contributed by atoms with Crippen LogP contribution in [0.3, 0.4) is 0 Å². The van der Waals surface area contributed by atoms with Crippen molar-refractivity contribution in [2.45, 2.75) is 25.3 Å². The molecular weight excluding hydrogens is 240 g/mol. The van der Waals surface area contributed by atoms with Gasteiger partial charge in [-0.15, -0.1) is 0 Å². The van der Waals surface area contributed by atoms with Crippen molar-refractivity contribution < 1.29 is 9.90 Å². The summed E-state index contributed by atoms with van der Waals surface area (Å²) in [7, 11) is 0. The predicted molar refractivity (Wildman–Crippen MR) is 73.9 cm³/mol. The van der Waals surface area contributed by atoms with Gasteiger partial charge in [0, 0.05) is 18.8 Å². The van der Waals surface area contributed by atoms with Crippen molar-refractivity contribution in [3.05, 3.63) is 29.8 Å². The highest BCUT2D eigenvalue weighted by Gasteiger charge is 2.34. The van der Waals surface area contributed by atoms with Crippen molar-refractivity contribution in [3.8, 4) is 0 Å². The highest BCUT2D eigenvalue weighted by atomic mass is 16.3. The highest BCUT2D eigenvalue weighted by Crippen LogP contribution is 2.27. The minimum atomic E-state index is 0.00190. The summed E-state index contributed by atoms with van der Waals surface area (Å²) in [5.41, 5.74) is 2.36. The van der Waals surface area contributed by atoms with Gasteiger partial charge in [-0.25, -0.2) is 0 Å². The molecule has 2 unspecified atom stereocenters. The summed E-state index contributed by atoms with van der Waals surface area (Å²) in [5, 5.41) is 12.7. The van der Waals surface area contributed by atoms with Crippen LogP contribution in [0.1, 0.15) is 18.4 Å². The van der Waals surface area contributed by atoms with Crippen LogP contribution in [-0.2, 0) is 11.2 Å². The number of carbonyl (C=O) groups excluding carboxylic acids is 1. The number of likely N-dealkylation sites (tertiary alicyclic amines) is 1. The molecular formula is C15H20N2O2. The molecule has 0 radical (unpaired) electrons. The van der Waals surface area contributed by atoms with E-state index < -0.39 is 0 Å². The molecule has 4 heteroatoms. The first kappa shape index (κ1) is 12.5. The van der Waals surface area contributed by atoms with Gasteiger partial charge in [-0.3, -0.25) is 4.79 Å². The Morgan fingerprint density at radius 2 is 2.26 bits per heavy atom. The zero-order valence-electron chi connectivity index (χ0n) is 11.0. The van der Waals surface area contributed by atoms with E-state index in [-0.39, 0.29) is 24.5 Å². The Bertz CT molecular complexity index is 475. The van der Waals surface area contributed by atoms with Crippen molar-refractivity contribution in [2.75, 3.05) is 25.0 Å². The van der Waals surface area contributed by atoms with Crippen molar-refractivity contribution in [2.24, 2.45) is 5.92 Å². The van der Waals surface area contributed by atoms with E-state index in [9.17, 15) is 9.90 Å². The van der Waals surface area contributed by atoms with Crippen LogP contribution in [0.2, 0.25) is 0 Å².